The van der Waals surface area contributed by atoms with E-state index in [0.29, 0.717) is 6.04 Å². The van der Waals surface area contributed by atoms with E-state index in [1.807, 2.05) is 0 Å². The van der Waals surface area contributed by atoms with Crippen molar-refractivity contribution in [2.45, 2.75) is 46.3 Å². The Kier molecular flexibility index (Phi) is 5.43. The molecule has 1 unspecified atom stereocenters. The molecule has 1 heterocycles. The van der Waals surface area contributed by atoms with Crippen LogP contribution in [-0.2, 0) is 13.1 Å². The fraction of sp³-hybridized carbons (Fsp3) is 0.625. The van der Waals surface area contributed by atoms with Crippen LogP contribution in [-0.4, -0.2) is 24.0 Å². The highest BCUT2D eigenvalue weighted by Crippen LogP contribution is 2.23. The molecule has 0 radical (unpaired) electrons. The zero-order chi connectivity index (χ0) is 13.8. The molecule has 3 heteroatoms. The molecule has 2 rings (SSSR count). The fourth-order valence-electron chi connectivity index (χ4n) is 2.56. The molecule has 1 aromatic rings. The first-order valence-electron chi connectivity index (χ1n) is 7.27. The predicted octanol–water partition coefficient (Wildman–Crippen LogP) is 3.79. The van der Waals surface area contributed by atoms with Gasteiger partial charge >= 0.3 is 0 Å². The smallest absolute Gasteiger partial charge is 0.0245 e. The standard InChI is InChI=1S/C16H25BrN2/c1-12(2)18-9-14-4-5-15(16(17)8-14)11-19-7-6-13(3)10-19/h4-5,8,12-13,18H,6-7,9-11H2,1-3H3. The lowest BCUT2D eigenvalue weighted by Gasteiger charge is -2.17. The average Bonchev–Trinajstić information content (AvgIpc) is 2.75. The van der Waals surface area contributed by atoms with E-state index in [0.717, 1.165) is 19.0 Å². The number of nitrogens with one attached hydrogen (secondary N) is 1. The lowest BCUT2D eigenvalue weighted by Crippen LogP contribution is -2.22. The fourth-order valence-corrected chi connectivity index (χ4v) is 3.11. The first kappa shape index (κ1) is 15.0. The lowest BCUT2D eigenvalue weighted by atomic mass is 10.1. The molecule has 1 aromatic carbocycles. The van der Waals surface area contributed by atoms with Gasteiger partial charge in [-0.2, -0.15) is 0 Å². The van der Waals surface area contributed by atoms with Crippen molar-refractivity contribution in [3.8, 4) is 0 Å². The molecular weight excluding hydrogens is 300 g/mol. The van der Waals surface area contributed by atoms with E-state index in [-0.39, 0.29) is 0 Å². The topological polar surface area (TPSA) is 15.3 Å². The molecule has 0 spiro atoms. The zero-order valence-electron chi connectivity index (χ0n) is 12.2. The maximum Gasteiger partial charge on any atom is 0.0245 e. The minimum absolute atomic E-state index is 0.532. The number of hydrogen-bond acceptors (Lipinski definition) is 2. The highest BCUT2D eigenvalue weighted by atomic mass is 79.9. The maximum absolute atomic E-state index is 3.72. The van der Waals surface area contributed by atoms with Gasteiger partial charge in [0, 0.05) is 30.1 Å². The first-order valence-corrected chi connectivity index (χ1v) is 8.07. The van der Waals surface area contributed by atoms with Gasteiger partial charge in [0.2, 0.25) is 0 Å². The Hall–Kier alpha value is -0.380. The second-order valence-corrected chi connectivity index (χ2v) is 6.94. The lowest BCUT2D eigenvalue weighted by molar-refractivity contribution is 0.320. The summed E-state index contributed by atoms with van der Waals surface area (Å²) >= 11 is 3.72. The predicted molar refractivity (Wildman–Crippen MR) is 85.2 cm³/mol. The highest BCUT2D eigenvalue weighted by Gasteiger charge is 2.19. The quantitative estimate of drug-likeness (QED) is 0.886. The molecule has 0 aliphatic carbocycles. The molecule has 0 aromatic heterocycles. The Morgan fingerprint density at radius 2 is 2.21 bits per heavy atom. The van der Waals surface area contributed by atoms with Crippen molar-refractivity contribution in [3.05, 3.63) is 33.8 Å². The van der Waals surface area contributed by atoms with E-state index in [9.17, 15) is 0 Å². The van der Waals surface area contributed by atoms with Crippen LogP contribution in [0, 0.1) is 5.92 Å². The molecule has 1 aliphatic heterocycles. The van der Waals surface area contributed by atoms with Crippen LogP contribution in [0.4, 0.5) is 0 Å². The van der Waals surface area contributed by atoms with Crippen LogP contribution in [0.15, 0.2) is 22.7 Å². The monoisotopic (exact) mass is 324 g/mol. The number of rotatable bonds is 5. The van der Waals surface area contributed by atoms with Crippen LogP contribution in [0.2, 0.25) is 0 Å². The Labute approximate surface area is 125 Å². The van der Waals surface area contributed by atoms with Crippen molar-refractivity contribution in [2.24, 2.45) is 5.92 Å². The van der Waals surface area contributed by atoms with Crippen LogP contribution in [0.1, 0.15) is 38.3 Å². The molecule has 1 saturated heterocycles. The largest absolute Gasteiger partial charge is 0.310 e. The summed E-state index contributed by atoms with van der Waals surface area (Å²) in [5.41, 5.74) is 2.75. The van der Waals surface area contributed by atoms with Crippen molar-refractivity contribution >= 4 is 15.9 Å². The first-order chi connectivity index (χ1) is 9.04. The molecule has 2 nitrogen and oxygen atoms in total. The van der Waals surface area contributed by atoms with Gasteiger partial charge < -0.3 is 5.32 Å². The van der Waals surface area contributed by atoms with E-state index in [1.54, 1.807) is 0 Å². The number of halogens is 1. The number of hydrogen-bond donors (Lipinski definition) is 1. The summed E-state index contributed by atoms with van der Waals surface area (Å²) in [6.45, 7) is 11.2. The van der Waals surface area contributed by atoms with Crippen LogP contribution in [0.25, 0.3) is 0 Å². The van der Waals surface area contributed by atoms with E-state index in [4.69, 9.17) is 0 Å². The van der Waals surface area contributed by atoms with Gasteiger partial charge in [-0.3, -0.25) is 4.90 Å². The van der Waals surface area contributed by atoms with Crippen molar-refractivity contribution in [2.75, 3.05) is 13.1 Å². The maximum atomic E-state index is 3.72. The van der Waals surface area contributed by atoms with Crippen LogP contribution < -0.4 is 5.32 Å². The Morgan fingerprint density at radius 1 is 1.42 bits per heavy atom. The molecular formula is C16H25BrN2. The van der Waals surface area contributed by atoms with Gasteiger partial charge in [-0.25, -0.2) is 0 Å². The summed E-state index contributed by atoms with van der Waals surface area (Å²) in [4.78, 5) is 2.55. The van der Waals surface area contributed by atoms with Gasteiger partial charge in [-0.05, 0) is 36.1 Å². The molecule has 1 N–H and O–H groups in total. The van der Waals surface area contributed by atoms with Gasteiger partial charge in [-0.1, -0.05) is 48.8 Å². The third kappa shape index (κ3) is 4.59. The molecule has 1 aliphatic rings. The summed E-state index contributed by atoms with van der Waals surface area (Å²) in [6.07, 6.45) is 1.34. The average molecular weight is 325 g/mol. The summed E-state index contributed by atoms with van der Waals surface area (Å²) in [5, 5.41) is 3.46. The summed E-state index contributed by atoms with van der Waals surface area (Å²) < 4.78 is 1.25. The molecule has 0 bridgehead atoms. The van der Waals surface area contributed by atoms with Crippen LogP contribution in [0.3, 0.4) is 0 Å². The normalized spacial score (nSPS) is 20.4. The summed E-state index contributed by atoms with van der Waals surface area (Å²) in [7, 11) is 0. The zero-order valence-corrected chi connectivity index (χ0v) is 13.8. The molecule has 0 amide bonds. The Bertz CT molecular complexity index is 417. The van der Waals surface area contributed by atoms with E-state index in [1.165, 1.54) is 35.1 Å². The third-order valence-electron chi connectivity index (χ3n) is 3.73. The highest BCUT2D eigenvalue weighted by molar-refractivity contribution is 9.10. The van der Waals surface area contributed by atoms with Crippen molar-refractivity contribution in [3.63, 3.8) is 0 Å². The SMILES string of the molecule is CC1CCN(Cc2ccc(CNC(C)C)cc2Br)C1. The van der Waals surface area contributed by atoms with Crippen molar-refractivity contribution < 1.29 is 0 Å². The van der Waals surface area contributed by atoms with Crippen LogP contribution >= 0.6 is 15.9 Å². The second kappa shape index (κ2) is 6.87. The molecule has 1 fully saturated rings. The molecule has 1 atom stereocenters. The minimum Gasteiger partial charge on any atom is -0.310 e. The third-order valence-corrected chi connectivity index (χ3v) is 4.47. The van der Waals surface area contributed by atoms with E-state index in [2.05, 4.69) is 65.1 Å². The van der Waals surface area contributed by atoms with E-state index >= 15 is 0 Å². The van der Waals surface area contributed by atoms with Gasteiger partial charge in [0.25, 0.3) is 0 Å². The van der Waals surface area contributed by atoms with Crippen LogP contribution in [0.5, 0.6) is 0 Å². The summed E-state index contributed by atoms with van der Waals surface area (Å²) in [5.74, 6) is 0.855. The van der Waals surface area contributed by atoms with Crippen molar-refractivity contribution in [1.29, 1.82) is 0 Å². The number of nitrogens with zero attached hydrogens (tertiary/aromatic N) is 1. The Morgan fingerprint density at radius 3 is 2.79 bits per heavy atom. The number of likely N-dealkylation sites (tertiary alicyclic amines) is 1. The number of benzene rings is 1. The summed E-state index contributed by atoms with van der Waals surface area (Å²) in [6, 6.07) is 7.30. The molecule has 106 valence electrons. The second-order valence-electron chi connectivity index (χ2n) is 6.09. The molecule has 0 saturated carbocycles. The van der Waals surface area contributed by atoms with Crippen molar-refractivity contribution in [1.82, 2.24) is 10.2 Å². The molecule has 19 heavy (non-hydrogen) atoms. The van der Waals surface area contributed by atoms with Gasteiger partial charge in [-0.15, -0.1) is 0 Å². The van der Waals surface area contributed by atoms with Gasteiger partial charge in [0.1, 0.15) is 0 Å². The van der Waals surface area contributed by atoms with Gasteiger partial charge in [0.05, 0.1) is 0 Å². The van der Waals surface area contributed by atoms with Gasteiger partial charge in [0.15, 0.2) is 0 Å². The minimum atomic E-state index is 0.532. The van der Waals surface area contributed by atoms with E-state index < -0.39 is 0 Å². The Balaban J connectivity index is 1.95.